The van der Waals surface area contributed by atoms with Crippen molar-refractivity contribution in [3.63, 3.8) is 0 Å². The van der Waals surface area contributed by atoms with Gasteiger partial charge in [0.05, 0.1) is 19.5 Å². The van der Waals surface area contributed by atoms with E-state index in [-0.39, 0.29) is 17.9 Å². The van der Waals surface area contributed by atoms with Gasteiger partial charge in [-0.1, -0.05) is 30.3 Å². The summed E-state index contributed by atoms with van der Waals surface area (Å²) in [6.45, 7) is 4.35. The topological polar surface area (TPSA) is 41.8 Å². The largest absolute Gasteiger partial charge is 0.324 e. The van der Waals surface area contributed by atoms with E-state index in [0.29, 0.717) is 18.9 Å². The zero-order chi connectivity index (χ0) is 14.8. The summed E-state index contributed by atoms with van der Waals surface area (Å²) >= 11 is 0. The van der Waals surface area contributed by atoms with Gasteiger partial charge < -0.3 is 4.90 Å². The second-order valence-corrected chi connectivity index (χ2v) is 6.08. The van der Waals surface area contributed by atoms with Gasteiger partial charge in [0.2, 0.25) is 5.91 Å². The van der Waals surface area contributed by atoms with Gasteiger partial charge in [-0.05, 0) is 18.4 Å². The molecular weight excluding hydrogens is 264 g/mol. The number of hydrogen-bond acceptors (Lipinski definition) is 2. The smallest absolute Gasteiger partial charge is 0.287 e. The predicted octanol–water partition coefficient (Wildman–Crippen LogP) is 0.596. The van der Waals surface area contributed by atoms with Crippen molar-refractivity contribution in [2.75, 3.05) is 19.6 Å². The highest BCUT2D eigenvalue weighted by atomic mass is 16.2. The number of rotatable bonds is 3. The highest BCUT2D eigenvalue weighted by Crippen LogP contribution is 2.24. The molecule has 3 rings (SSSR count). The Morgan fingerprint density at radius 1 is 1.14 bits per heavy atom. The van der Waals surface area contributed by atoms with Crippen LogP contribution in [0.1, 0.15) is 37.7 Å². The molecule has 2 heterocycles. The minimum Gasteiger partial charge on any atom is -0.324 e. The molecule has 4 nitrogen and oxygen atoms in total. The minimum absolute atomic E-state index is 0.00480. The molecule has 0 aromatic heterocycles. The minimum atomic E-state index is -0.130. The summed E-state index contributed by atoms with van der Waals surface area (Å²) in [5.41, 5.74) is 1.40. The third-order valence-corrected chi connectivity index (χ3v) is 4.95. The number of quaternary nitrogens is 1. The van der Waals surface area contributed by atoms with Crippen LogP contribution in [-0.4, -0.2) is 42.4 Å². The zero-order valence-electron chi connectivity index (χ0n) is 12.5. The molecule has 0 aliphatic carbocycles. The quantitative estimate of drug-likeness (QED) is 0.827. The van der Waals surface area contributed by atoms with E-state index in [1.807, 2.05) is 13.0 Å². The maximum atomic E-state index is 12.3. The lowest BCUT2D eigenvalue weighted by Crippen LogP contribution is -3.17. The van der Waals surface area contributed by atoms with Crippen LogP contribution in [0, 0.1) is 0 Å². The first-order chi connectivity index (χ1) is 10.2. The van der Waals surface area contributed by atoms with E-state index in [2.05, 4.69) is 24.3 Å². The summed E-state index contributed by atoms with van der Waals surface area (Å²) in [4.78, 5) is 26.8. The van der Waals surface area contributed by atoms with E-state index >= 15 is 0 Å². The number of carbonyl (C=O) groups is 2. The van der Waals surface area contributed by atoms with Crippen LogP contribution >= 0.6 is 0 Å². The third-order valence-electron chi connectivity index (χ3n) is 4.95. The summed E-state index contributed by atoms with van der Waals surface area (Å²) < 4.78 is 0. The Morgan fingerprint density at radius 2 is 1.81 bits per heavy atom. The van der Waals surface area contributed by atoms with Gasteiger partial charge in [-0.2, -0.15) is 0 Å². The predicted molar refractivity (Wildman–Crippen MR) is 79.9 cm³/mol. The normalized spacial score (nSPS) is 30.0. The number of nitrogens with one attached hydrogen (secondary N) is 1. The average molecular weight is 287 g/mol. The number of hydrogen-bond donors (Lipinski definition) is 1. The number of benzene rings is 1. The molecule has 1 atom stereocenters. The second-order valence-electron chi connectivity index (χ2n) is 6.08. The lowest BCUT2D eigenvalue weighted by atomic mass is 9.89. The number of imide groups is 1. The summed E-state index contributed by atoms with van der Waals surface area (Å²) in [5, 5.41) is 0. The second kappa shape index (κ2) is 5.98. The van der Waals surface area contributed by atoms with E-state index in [9.17, 15) is 9.59 Å². The van der Waals surface area contributed by atoms with Crippen LogP contribution in [-0.2, 0) is 9.59 Å². The fourth-order valence-corrected chi connectivity index (χ4v) is 3.73. The molecule has 21 heavy (non-hydrogen) atoms. The molecule has 0 saturated carbocycles. The van der Waals surface area contributed by atoms with Crippen LogP contribution in [0.25, 0.3) is 0 Å². The van der Waals surface area contributed by atoms with Crippen molar-refractivity contribution in [2.45, 2.75) is 38.1 Å². The molecule has 0 bridgehead atoms. The number of likely N-dealkylation sites (tertiary alicyclic amines) is 2. The van der Waals surface area contributed by atoms with Gasteiger partial charge in [-0.3, -0.25) is 14.5 Å². The van der Waals surface area contributed by atoms with Crippen LogP contribution in [0.4, 0.5) is 0 Å². The first-order valence-corrected chi connectivity index (χ1v) is 7.94. The Kier molecular flexibility index (Phi) is 4.06. The van der Waals surface area contributed by atoms with E-state index in [0.717, 1.165) is 25.9 Å². The van der Waals surface area contributed by atoms with Crippen molar-refractivity contribution in [1.82, 2.24) is 4.90 Å². The summed E-state index contributed by atoms with van der Waals surface area (Å²) in [5.74, 6) is 0.644. The summed E-state index contributed by atoms with van der Waals surface area (Å²) in [7, 11) is 0. The van der Waals surface area contributed by atoms with Gasteiger partial charge in [0, 0.05) is 19.4 Å². The van der Waals surface area contributed by atoms with Crippen molar-refractivity contribution >= 4 is 11.8 Å². The SMILES string of the molecule is CCN1C(=O)C[C@H]([NH+]2CCC(c3ccccc3)CC2)C1=O. The number of amides is 2. The molecule has 1 aromatic rings. The van der Waals surface area contributed by atoms with E-state index < -0.39 is 0 Å². The van der Waals surface area contributed by atoms with Crippen molar-refractivity contribution in [3.8, 4) is 0 Å². The van der Waals surface area contributed by atoms with Gasteiger partial charge in [-0.25, -0.2) is 0 Å². The Labute approximate surface area is 125 Å². The maximum absolute atomic E-state index is 12.3. The number of likely N-dealkylation sites (N-methyl/N-ethyl adjacent to an activating group) is 1. The Balaban J connectivity index is 1.62. The van der Waals surface area contributed by atoms with Crippen LogP contribution < -0.4 is 4.90 Å². The molecule has 2 fully saturated rings. The van der Waals surface area contributed by atoms with E-state index in [4.69, 9.17) is 0 Å². The van der Waals surface area contributed by atoms with Gasteiger partial charge in [0.15, 0.2) is 6.04 Å². The molecule has 0 spiro atoms. The number of carbonyl (C=O) groups excluding carboxylic acids is 2. The van der Waals surface area contributed by atoms with E-state index in [1.165, 1.54) is 15.4 Å². The van der Waals surface area contributed by atoms with Gasteiger partial charge in [-0.15, -0.1) is 0 Å². The molecule has 2 amide bonds. The highest BCUT2D eigenvalue weighted by molar-refractivity contribution is 6.04. The Hall–Kier alpha value is -1.68. The third kappa shape index (κ3) is 2.72. The van der Waals surface area contributed by atoms with Crippen LogP contribution in [0.3, 0.4) is 0 Å². The van der Waals surface area contributed by atoms with Crippen LogP contribution in [0.5, 0.6) is 0 Å². The molecule has 0 radical (unpaired) electrons. The van der Waals surface area contributed by atoms with Crippen molar-refractivity contribution in [2.24, 2.45) is 0 Å². The zero-order valence-corrected chi connectivity index (χ0v) is 12.5. The van der Waals surface area contributed by atoms with Gasteiger partial charge in [0.1, 0.15) is 0 Å². The molecule has 112 valence electrons. The fraction of sp³-hybridized carbons (Fsp3) is 0.529. The maximum Gasteiger partial charge on any atom is 0.287 e. The molecule has 2 aliphatic heterocycles. The molecule has 1 aromatic carbocycles. The van der Waals surface area contributed by atoms with Crippen molar-refractivity contribution in [1.29, 1.82) is 0 Å². The molecule has 1 N–H and O–H groups in total. The van der Waals surface area contributed by atoms with Gasteiger partial charge in [0.25, 0.3) is 5.91 Å². The summed E-state index contributed by atoms with van der Waals surface area (Å²) in [6, 6.07) is 10.5. The first-order valence-electron chi connectivity index (χ1n) is 7.94. The average Bonchev–Trinajstić information content (AvgIpc) is 2.82. The van der Waals surface area contributed by atoms with E-state index in [1.54, 1.807) is 0 Å². The summed E-state index contributed by atoms with van der Waals surface area (Å²) in [6.07, 6.45) is 2.60. The van der Waals surface area contributed by atoms with Crippen molar-refractivity contribution < 1.29 is 14.5 Å². The van der Waals surface area contributed by atoms with Crippen LogP contribution in [0.2, 0.25) is 0 Å². The number of nitrogens with zero attached hydrogens (tertiary/aromatic N) is 1. The standard InChI is InChI=1S/C17H22N2O2/c1-2-19-16(20)12-15(17(19)21)18-10-8-14(9-11-18)13-6-4-3-5-7-13/h3-7,14-15H,2,8-12H2,1H3/p+1/t15-/m0/s1. The number of piperidine rings is 1. The van der Waals surface area contributed by atoms with Crippen LogP contribution in [0.15, 0.2) is 30.3 Å². The highest BCUT2D eigenvalue weighted by Gasteiger charge is 2.45. The Morgan fingerprint density at radius 3 is 2.38 bits per heavy atom. The lowest BCUT2D eigenvalue weighted by molar-refractivity contribution is -0.920. The van der Waals surface area contributed by atoms with Gasteiger partial charge >= 0.3 is 0 Å². The monoisotopic (exact) mass is 287 g/mol. The molecule has 2 aliphatic rings. The molecular formula is C17H23N2O2+. The lowest BCUT2D eigenvalue weighted by Gasteiger charge is -2.32. The van der Waals surface area contributed by atoms with Crippen molar-refractivity contribution in [3.05, 3.63) is 35.9 Å². The molecule has 4 heteroatoms. The molecule has 2 saturated heterocycles. The molecule has 0 unspecified atom stereocenters. The Bertz CT molecular complexity index is 521. The fourth-order valence-electron chi connectivity index (χ4n) is 3.73. The first kappa shape index (κ1) is 14.3.